The third-order valence-electron chi connectivity index (χ3n) is 6.27. The van der Waals surface area contributed by atoms with E-state index in [0.717, 1.165) is 35.5 Å². The largest absolute Gasteiger partial charge is 0.358 e. The zero-order valence-corrected chi connectivity index (χ0v) is 18.6. The monoisotopic (exact) mass is 444 g/mol. The van der Waals surface area contributed by atoms with E-state index in [-0.39, 0.29) is 17.6 Å². The third-order valence-corrected chi connectivity index (χ3v) is 6.27. The van der Waals surface area contributed by atoms with E-state index in [4.69, 9.17) is 0 Å². The Balaban J connectivity index is 1.57. The lowest BCUT2D eigenvalue weighted by atomic mass is 9.94. The van der Waals surface area contributed by atoms with Gasteiger partial charge in [-0.2, -0.15) is 0 Å². The van der Waals surface area contributed by atoms with Crippen molar-refractivity contribution in [2.24, 2.45) is 0 Å². The van der Waals surface area contributed by atoms with Gasteiger partial charge in [-0.15, -0.1) is 0 Å². The Morgan fingerprint density at radius 1 is 1.06 bits per heavy atom. The number of carbonyl (C=O) groups is 2. The molecule has 6 nitrogen and oxygen atoms in total. The number of nitrogens with one attached hydrogen (secondary N) is 2. The number of H-pyrrole nitrogens is 1. The molecule has 168 valence electrons. The average molecular weight is 445 g/mol. The van der Waals surface area contributed by atoms with Crippen LogP contribution < -0.4 is 5.32 Å². The minimum atomic E-state index is -0.315. The van der Waals surface area contributed by atoms with Crippen molar-refractivity contribution in [2.45, 2.75) is 6.92 Å². The molecule has 5 rings (SSSR count). The smallest absolute Gasteiger partial charge is 0.256 e. The molecule has 7 heteroatoms. The highest BCUT2D eigenvalue weighted by molar-refractivity contribution is 6.36. The number of amides is 2. The number of aromatic nitrogens is 1. The summed E-state index contributed by atoms with van der Waals surface area (Å²) in [7, 11) is 2.05. The molecule has 2 N–H and O–H groups in total. The first kappa shape index (κ1) is 21.2. The maximum Gasteiger partial charge on any atom is 0.256 e. The number of halogens is 1. The summed E-state index contributed by atoms with van der Waals surface area (Å²) in [5.74, 6) is -0.584. The van der Waals surface area contributed by atoms with Crippen molar-refractivity contribution in [1.29, 1.82) is 0 Å². The third kappa shape index (κ3) is 3.96. The maximum absolute atomic E-state index is 13.5. The van der Waals surface area contributed by atoms with E-state index in [1.54, 1.807) is 18.2 Å². The molecule has 0 atom stereocenters. The fourth-order valence-electron chi connectivity index (χ4n) is 4.48. The van der Waals surface area contributed by atoms with Crippen LogP contribution in [0.5, 0.6) is 0 Å². The number of fused-ring (bicyclic) bond motifs is 1. The Morgan fingerprint density at radius 2 is 1.79 bits per heavy atom. The second-order valence-electron chi connectivity index (χ2n) is 8.62. The fraction of sp³-hybridized carbons (Fsp3) is 0.231. The standard InChI is InChI=1S/C26H25FN4O2/c1-16-14-20(26(33)31-12-10-30(2)11-13-31)23(28-16)15-21-24-19(17-6-8-18(27)9-7-17)4-3-5-22(24)29-25(21)32/h3-9,14-15,28H,10-13H2,1-2H3,(H,29,32)/b21-15-. The molecule has 2 aliphatic rings. The Morgan fingerprint density at radius 3 is 2.52 bits per heavy atom. The van der Waals surface area contributed by atoms with E-state index in [9.17, 15) is 14.0 Å². The predicted molar refractivity (Wildman–Crippen MR) is 127 cm³/mol. The van der Waals surface area contributed by atoms with Crippen LogP contribution >= 0.6 is 0 Å². The van der Waals surface area contributed by atoms with Crippen LogP contribution in [0.15, 0.2) is 48.5 Å². The molecule has 1 fully saturated rings. The second-order valence-corrected chi connectivity index (χ2v) is 8.62. The van der Waals surface area contributed by atoms with Crippen molar-refractivity contribution < 1.29 is 14.0 Å². The molecule has 0 unspecified atom stereocenters. The van der Waals surface area contributed by atoms with Gasteiger partial charge in [-0.1, -0.05) is 24.3 Å². The van der Waals surface area contributed by atoms with Gasteiger partial charge in [-0.3, -0.25) is 9.59 Å². The number of hydrogen-bond acceptors (Lipinski definition) is 3. The highest BCUT2D eigenvalue weighted by Crippen LogP contribution is 2.40. The van der Waals surface area contributed by atoms with E-state index >= 15 is 0 Å². The topological polar surface area (TPSA) is 68.4 Å². The number of hydrogen-bond donors (Lipinski definition) is 2. The first-order valence-corrected chi connectivity index (χ1v) is 11.0. The number of piperazine rings is 1. The van der Waals surface area contributed by atoms with Gasteiger partial charge in [0.1, 0.15) is 5.82 Å². The van der Waals surface area contributed by atoms with Gasteiger partial charge in [0, 0.05) is 43.1 Å². The molecule has 0 bridgehead atoms. The first-order valence-electron chi connectivity index (χ1n) is 11.0. The molecule has 2 amide bonds. The lowest BCUT2D eigenvalue weighted by molar-refractivity contribution is -0.110. The fourth-order valence-corrected chi connectivity index (χ4v) is 4.48. The van der Waals surface area contributed by atoms with Crippen molar-refractivity contribution in [3.63, 3.8) is 0 Å². The van der Waals surface area contributed by atoms with Crippen LogP contribution in [0.4, 0.5) is 10.1 Å². The molecular weight excluding hydrogens is 419 g/mol. The summed E-state index contributed by atoms with van der Waals surface area (Å²) in [6.07, 6.45) is 1.75. The van der Waals surface area contributed by atoms with Crippen LogP contribution in [0.2, 0.25) is 0 Å². The van der Waals surface area contributed by atoms with Crippen LogP contribution in [-0.2, 0) is 4.79 Å². The highest BCUT2D eigenvalue weighted by atomic mass is 19.1. The second kappa shape index (κ2) is 8.33. The van der Waals surface area contributed by atoms with Crippen LogP contribution in [0.1, 0.15) is 27.3 Å². The number of aryl methyl sites for hydroxylation is 1. The minimum absolute atomic E-state index is 0.0373. The lowest BCUT2D eigenvalue weighted by Crippen LogP contribution is -2.47. The van der Waals surface area contributed by atoms with Gasteiger partial charge in [0.25, 0.3) is 11.8 Å². The summed E-state index contributed by atoms with van der Waals surface area (Å²) in [5, 5.41) is 2.92. The van der Waals surface area contributed by atoms with Crippen molar-refractivity contribution >= 4 is 29.2 Å². The van der Waals surface area contributed by atoms with E-state index in [1.165, 1.54) is 12.1 Å². The molecule has 3 aromatic rings. The molecule has 0 radical (unpaired) electrons. The van der Waals surface area contributed by atoms with Crippen LogP contribution in [0, 0.1) is 12.7 Å². The van der Waals surface area contributed by atoms with Crippen molar-refractivity contribution in [2.75, 3.05) is 38.5 Å². The normalized spacial score (nSPS) is 17.4. The molecule has 0 spiro atoms. The van der Waals surface area contributed by atoms with E-state index in [2.05, 4.69) is 15.2 Å². The number of likely N-dealkylation sites (N-methyl/N-ethyl adjacent to an activating group) is 1. The Bertz CT molecular complexity index is 1270. The number of carbonyl (C=O) groups excluding carboxylic acids is 2. The number of rotatable bonds is 3. The van der Waals surface area contributed by atoms with Crippen LogP contribution in [0.25, 0.3) is 22.8 Å². The van der Waals surface area contributed by atoms with E-state index < -0.39 is 0 Å². The number of nitrogens with zero attached hydrogens (tertiary/aromatic N) is 2. The quantitative estimate of drug-likeness (QED) is 0.600. The summed E-state index contributed by atoms with van der Waals surface area (Å²) in [5.41, 5.74) is 5.58. The Hall–Kier alpha value is -3.71. The Labute approximate surface area is 191 Å². The van der Waals surface area contributed by atoms with E-state index in [0.29, 0.717) is 35.6 Å². The van der Waals surface area contributed by atoms with Gasteiger partial charge in [-0.05, 0) is 55.4 Å². The number of anilines is 1. The summed E-state index contributed by atoms with van der Waals surface area (Å²) in [6.45, 7) is 4.92. The van der Waals surface area contributed by atoms with Crippen LogP contribution in [-0.4, -0.2) is 59.8 Å². The van der Waals surface area contributed by atoms with Gasteiger partial charge in [0.15, 0.2) is 0 Å². The highest BCUT2D eigenvalue weighted by Gasteiger charge is 2.29. The van der Waals surface area contributed by atoms with Gasteiger partial charge < -0.3 is 20.1 Å². The summed E-state index contributed by atoms with van der Waals surface area (Å²) >= 11 is 0. The van der Waals surface area contributed by atoms with Gasteiger partial charge >= 0.3 is 0 Å². The predicted octanol–water partition coefficient (Wildman–Crippen LogP) is 4.01. The molecule has 1 aromatic heterocycles. The zero-order valence-electron chi connectivity index (χ0n) is 18.6. The molecule has 0 saturated carbocycles. The van der Waals surface area contributed by atoms with Crippen molar-refractivity contribution in [1.82, 2.24) is 14.8 Å². The molecule has 1 saturated heterocycles. The van der Waals surface area contributed by atoms with Gasteiger partial charge in [-0.25, -0.2) is 4.39 Å². The summed E-state index contributed by atoms with van der Waals surface area (Å²) < 4.78 is 13.5. The van der Waals surface area contributed by atoms with Crippen molar-refractivity contribution in [3.05, 3.63) is 76.9 Å². The van der Waals surface area contributed by atoms with Gasteiger partial charge in [0.2, 0.25) is 0 Å². The minimum Gasteiger partial charge on any atom is -0.358 e. The molecule has 3 heterocycles. The van der Waals surface area contributed by atoms with Gasteiger partial charge in [0.05, 0.1) is 16.8 Å². The number of benzene rings is 2. The first-order chi connectivity index (χ1) is 15.9. The molecular formula is C26H25FN4O2. The summed E-state index contributed by atoms with van der Waals surface area (Å²) in [4.78, 5) is 33.5. The maximum atomic E-state index is 13.5. The zero-order chi connectivity index (χ0) is 23.1. The molecule has 0 aliphatic carbocycles. The lowest BCUT2D eigenvalue weighted by Gasteiger charge is -2.32. The molecule has 2 aromatic carbocycles. The molecule has 33 heavy (non-hydrogen) atoms. The Kier molecular flexibility index (Phi) is 5.34. The average Bonchev–Trinajstić information content (AvgIpc) is 3.33. The van der Waals surface area contributed by atoms with Crippen molar-refractivity contribution in [3.8, 4) is 11.1 Å². The number of aromatic amines is 1. The van der Waals surface area contributed by atoms with E-state index in [1.807, 2.05) is 43.1 Å². The molecule has 2 aliphatic heterocycles. The SMILES string of the molecule is Cc1cc(C(=O)N2CCN(C)CC2)c(/C=C2\C(=O)Nc3cccc(-c4ccc(F)cc4)c32)[nH]1. The summed E-state index contributed by atoms with van der Waals surface area (Å²) in [6, 6.07) is 13.7. The van der Waals surface area contributed by atoms with Crippen LogP contribution in [0.3, 0.4) is 0 Å².